The maximum absolute atomic E-state index is 12.4. The number of ether oxygens (including phenoxy) is 1. The van der Waals surface area contributed by atoms with Gasteiger partial charge in [0.05, 0.1) is 17.7 Å². The van der Waals surface area contributed by atoms with Gasteiger partial charge in [-0.15, -0.1) is 0 Å². The maximum atomic E-state index is 12.4. The molecule has 2 aromatic heterocycles. The van der Waals surface area contributed by atoms with Gasteiger partial charge in [-0.3, -0.25) is 4.79 Å². The van der Waals surface area contributed by atoms with Crippen molar-refractivity contribution in [3.63, 3.8) is 0 Å². The Kier molecular flexibility index (Phi) is 3.14. The molecule has 0 aliphatic carbocycles. The lowest BCUT2D eigenvalue weighted by atomic mass is 10.2. The number of carbonyl (C=O) groups is 1. The topological polar surface area (TPSA) is 58.5 Å². The summed E-state index contributed by atoms with van der Waals surface area (Å²) in [5, 5.41) is 0. The molecule has 0 radical (unpaired) electrons. The van der Waals surface area contributed by atoms with E-state index < -0.39 is 0 Å². The minimum atomic E-state index is -0.00970. The second-order valence-electron chi connectivity index (χ2n) is 4.98. The van der Waals surface area contributed by atoms with Gasteiger partial charge in [0.15, 0.2) is 10.3 Å². The van der Waals surface area contributed by atoms with Gasteiger partial charge < -0.3 is 19.0 Å². The van der Waals surface area contributed by atoms with Gasteiger partial charge in [0.2, 0.25) is 0 Å². The molecule has 2 atom stereocenters. The average molecular weight is 327 g/mol. The van der Waals surface area contributed by atoms with Crippen molar-refractivity contribution < 1.29 is 13.9 Å². The molecule has 102 valence electrons. The highest BCUT2D eigenvalue weighted by molar-refractivity contribution is 9.10. The minimum absolute atomic E-state index is 0.00970. The zero-order valence-corrected chi connectivity index (χ0v) is 12.4. The first-order chi connectivity index (χ1) is 9.02. The summed E-state index contributed by atoms with van der Waals surface area (Å²) < 4.78 is 11.7. The summed E-state index contributed by atoms with van der Waals surface area (Å²) in [6.45, 7) is 5.20. The Bertz CT molecular complexity index is 577. The van der Waals surface area contributed by atoms with Crippen molar-refractivity contribution in [3.05, 3.63) is 22.5 Å². The molecular weight excluding hydrogens is 312 g/mol. The molecule has 3 heterocycles. The lowest BCUT2D eigenvalue weighted by molar-refractivity contribution is -0.0587. The monoisotopic (exact) mass is 326 g/mol. The summed E-state index contributed by atoms with van der Waals surface area (Å²) in [6, 6.07) is 3.56. The first kappa shape index (κ1) is 12.7. The Morgan fingerprint density at radius 3 is 2.68 bits per heavy atom. The molecule has 6 heteroatoms. The molecule has 1 N–H and O–H groups in total. The van der Waals surface area contributed by atoms with Gasteiger partial charge in [0.25, 0.3) is 5.91 Å². The zero-order valence-electron chi connectivity index (χ0n) is 10.8. The number of H-pyrrole nitrogens is 1. The molecule has 1 fully saturated rings. The highest BCUT2D eigenvalue weighted by atomic mass is 79.9. The predicted molar refractivity (Wildman–Crippen MR) is 74.2 cm³/mol. The standard InChI is InChI=1S/C13H15BrN2O3/c1-7-5-16(6-8(2)18-7)13(17)10-3-11-9(15-10)4-12(14)19-11/h3-4,7-8,15H,5-6H2,1-2H3. The molecule has 1 amide bonds. The van der Waals surface area contributed by atoms with E-state index in [1.807, 2.05) is 24.8 Å². The van der Waals surface area contributed by atoms with E-state index >= 15 is 0 Å². The van der Waals surface area contributed by atoms with Crippen LogP contribution in [0.5, 0.6) is 0 Å². The Morgan fingerprint density at radius 1 is 1.37 bits per heavy atom. The lowest BCUT2D eigenvalue weighted by Crippen LogP contribution is -2.48. The van der Waals surface area contributed by atoms with E-state index in [-0.39, 0.29) is 18.1 Å². The molecule has 2 aromatic rings. The summed E-state index contributed by atoms with van der Waals surface area (Å²) in [5.41, 5.74) is 2.07. The molecule has 1 saturated heterocycles. The number of fused-ring (bicyclic) bond motifs is 1. The van der Waals surface area contributed by atoms with Crippen LogP contribution in [0.15, 0.2) is 21.2 Å². The lowest BCUT2D eigenvalue weighted by Gasteiger charge is -2.35. The normalized spacial score (nSPS) is 24.1. The Morgan fingerprint density at radius 2 is 2.05 bits per heavy atom. The van der Waals surface area contributed by atoms with Crippen LogP contribution in [0.3, 0.4) is 0 Å². The number of nitrogens with zero attached hydrogens (tertiary/aromatic N) is 1. The number of furan rings is 1. The number of nitrogens with one attached hydrogen (secondary N) is 1. The van der Waals surface area contributed by atoms with Crippen molar-refractivity contribution >= 4 is 32.9 Å². The highest BCUT2D eigenvalue weighted by Gasteiger charge is 2.27. The summed E-state index contributed by atoms with van der Waals surface area (Å²) in [7, 11) is 0. The molecule has 1 aliphatic rings. The third-order valence-corrected chi connectivity index (χ3v) is 3.60. The number of halogens is 1. The Labute approximate surface area is 119 Å². The largest absolute Gasteiger partial charge is 0.448 e. The van der Waals surface area contributed by atoms with E-state index in [1.54, 1.807) is 6.07 Å². The molecule has 2 unspecified atom stereocenters. The molecule has 19 heavy (non-hydrogen) atoms. The summed E-state index contributed by atoms with van der Waals surface area (Å²) in [5.74, 6) is -0.00970. The number of hydrogen-bond acceptors (Lipinski definition) is 3. The molecule has 1 aliphatic heterocycles. The van der Waals surface area contributed by atoms with E-state index in [1.165, 1.54) is 0 Å². The first-order valence-electron chi connectivity index (χ1n) is 6.25. The van der Waals surface area contributed by atoms with Gasteiger partial charge in [-0.25, -0.2) is 0 Å². The smallest absolute Gasteiger partial charge is 0.270 e. The molecule has 0 spiro atoms. The van der Waals surface area contributed by atoms with Crippen molar-refractivity contribution in [2.45, 2.75) is 26.1 Å². The average Bonchev–Trinajstić information content (AvgIpc) is 2.83. The fourth-order valence-corrected chi connectivity index (χ4v) is 2.92. The maximum Gasteiger partial charge on any atom is 0.270 e. The number of rotatable bonds is 1. The minimum Gasteiger partial charge on any atom is -0.448 e. The third-order valence-electron chi connectivity index (χ3n) is 3.21. The Hall–Kier alpha value is -1.27. The summed E-state index contributed by atoms with van der Waals surface area (Å²) in [4.78, 5) is 17.3. The van der Waals surface area contributed by atoms with Gasteiger partial charge >= 0.3 is 0 Å². The Balaban J connectivity index is 1.84. The predicted octanol–water partition coefficient (Wildman–Crippen LogP) is 2.77. The second-order valence-corrected chi connectivity index (χ2v) is 5.76. The number of hydrogen-bond donors (Lipinski definition) is 1. The van der Waals surface area contributed by atoms with Crippen molar-refractivity contribution in [1.29, 1.82) is 0 Å². The van der Waals surface area contributed by atoms with Crippen LogP contribution in [-0.4, -0.2) is 41.1 Å². The second kappa shape index (κ2) is 4.68. The van der Waals surface area contributed by atoms with Gasteiger partial charge in [0, 0.05) is 25.2 Å². The number of aromatic amines is 1. The van der Waals surface area contributed by atoms with Gasteiger partial charge in [-0.2, -0.15) is 0 Å². The fourth-order valence-electron chi connectivity index (χ4n) is 2.52. The molecule has 0 saturated carbocycles. The van der Waals surface area contributed by atoms with Crippen LogP contribution in [0.25, 0.3) is 11.1 Å². The van der Waals surface area contributed by atoms with Crippen molar-refractivity contribution in [1.82, 2.24) is 9.88 Å². The van der Waals surface area contributed by atoms with Crippen LogP contribution in [0.4, 0.5) is 0 Å². The highest BCUT2D eigenvalue weighted by Crippen LogP contribution is 2.24. The first-order valence-corrected chi connectivity index (χ1v) is 7.05. The van der Waals surface area contributed by atoms with Gasteiger partial charge in [0.1, 0.15) is 5.69 Å². The SMILES string of the molecule is CC1CN(C(=O)c2cc3oc(Br)cc3[nH]2)CC(C)O1. The zero-order chi connectivity index (χ0) is 13.6. The van der Waals surface area contributed by atoms with E-state index in [0.717, 1.165) is 5.52 Å². The van der Waals surface area contributed by atoms with Crippen LogP contribution in [-0.2, 0) is 4.74 Å². The quantitative estimate of drug-likeness (QED) is 0.876. The molecule has 0 bridgehead atoms. The van der Waals surface area contributed by atoms with Crippen LogP contribution < -0.4 is 0 Å². The van der Waals surface area contributed by atoms with Crippen molar-refractivity contribution in [2.75, 3.05) is 13.1 Å². The van der Waals surface area contributed by atoms with E-state index in [2.05, 4.69) is 20.9 Å². The van der Waals surface area contributed by atoms with E-state index in [4.69, 9.17) is 9.15 Å². The number of morpholine rings is 1. The number of amides is 1. The summed E-state index contributed by atoms with van der Waals surface area (Å²) >= 11 is 3.26. The van der Waals surface area contributed by atoms with Crippen LogP contribution >= 0.6 is 15.9 Å². The molecule has 0 aromatic carbocycles. The summed E-state index contributed by atoms with van der Waals surface area (Å²) in [6.07, 6.45) is 0.139. The van der Waals surface area contributed by atoms with E-state index in [9.17, 15) is 4.79 Å². The van der Waals surface area contributed by atoms with Crippen LogP contribution in [0.1, 0.15) is 24.3 Å². The number of carbonyl (C=O) groups excluding carboxylic acids is 1. The van der Waals surface area contributed by atoms with Crippen molar-refractivity contribution in [3.8, 4) is 0 Å². The van der Waals surface area contributed by atoms with Crippen molar-refractivity contribution in [2.24, 2.45) is 0 Å². The number of aromatic nitrogens is 1. The fraction of sp³-hybridized carbons (Fsp3) is 0.462. The van der Waals surface area contributed by atoms with Crippen LogP contribution in [0.2, 0.25) is 0 Å². The molecule has 5 nitrogen and oxygen atoms in total. The van der Waals surface area contributed by atoms with Gasteiger partial charge in [-0.1, -0.05) is 0 Å². The van der Waals surface area contributed by atoms with E-state index in [0.29, 0.717) is 29.0 Å². The third kappa shape index (κ3) is 2.42. The molecule has 3 rings (SSSR count). The molecular formula is C13H15BrN2O3. The van der Waals surface area contributed by atoms with Gasteiger partial charge in [-0.05, 0) is 29.8 Å². The van der Waals surface area contributed by atoms with Crippen LogP contribution in [0, 0.1) is 0 Å².